The topological polar surface area (TPSA) is 105 Å². The lowest BCUT2D eigenvalue weighted by Crippen LogP contribution is -2.15. The molecule has 0 heterocycles. The van der Waals surface area contributed by atoms with Gasteiger partial charge < -0.3 is 9.94 Å². The van der Waals surface area contributed by atoms with E-state index >= 15 is 0 Å². The van der Waals surface area contributed by atoms with E-state index in [1.807, 2.05) is 13.8 Å². The molecule has 0 unspecified atom stereocenters. The Balaban J connectivity index is 0. The zero-order valence-corrected chi connectivity index (χ0v) is 11.3. The first-order chi connectivity index (χ1) is 8.92. The van der Waals surface area contributed by atoms with Gasteiger partial charge in [0.15, 0.2) is 0 Å². The molecule has 1 N–H and O–H groups in total. The zero-order chi connectivity index (χ0) is 15.3. The Morgan fingerprint density at radius 2 is 1.84 bits per heavy atom. The van der Waals surface area contributed by atoms with Crippen molar-refractivity contribution in [1.82, 2.24) is 0 Å². The normalized spacial score (nSPS) is 9.53. The van der Waals surface area contributed by atoms with Crippen molar-refractivity contribution in [3.8, 4) is 0 Å². The number of ether oxygens (including phenoxy) is 1. The second-order valence-electron chi connectivity index (χ2n) is 3.32. The molecule has 0 aliphatic carbocycles. The van der Waals surface area contributed by atoms with Crippen molar-refractivity contribution in [3.05, 3.63) is 12.2 Å². The van der Waals surface area contributed by atoms with E-state index in [1.165, 1.54) is 13.0 Å². The van der Waals surface area contributed by atoms with Crippen LogP contribution >= 0.6 is 0 Å². The molecule has 0 rings (SSSR count). The Kier molecular flexibility index (Phi) is 12.2. The minimum Gasteiger partial charge on any atom is -0.408 e. The largest absolute Gasteiger partial charge is 0.408 e. The number of hydrogen-bond donors (Lipinski definition) is 1. The predicted molar refractivity (Wildman–Crippen MR) is 68.7 cm³/mol. The molecule has 0 aliphatic heterocycles. The van der Waals surface area contributed by atoms with E-state index in [0.717, 1.165) is 0 Å². The molecule has 0 bridgehead atoms. The third-order valence-corrected chi connectivity index (χ3v) is 1.74. The molecule has 7 nitrogen and oxygen atoms in total. The van der Waals surface area contributed by atoms with Crippen LogP contribution < -0.4 is 0 Å². The van der Waals surface area contributed by atoms with Crippen molar-refractivity contribution in [2.75, 3.05) is 6.54 Å². The van der Waals surface area contributed by atoms with Gasteiger partial charge in [0.05, 0.1) is 0 Å². The summed E-state index contributed by atoms with van der Waals surface area (Å²) in [6.45, 7) is 8.16. The number of nitrogens with zero attached hydrogens (tertiary/aromatic N) is 2. The van der Waals surface area contributed by atoms with Gasteiger partial charge in [0, 0.05) is 18.4 Å². The zero-order valence-electron chi connectivity index (χ0n) is 11.3. The molecule has 0 atom stereocenters. The highest BCUT2D eigenvalue weighted by Crippen LogP contribution is 1.94. The van der Waals surface area contributed by atoms with Gasteiger partial charge in [-0.25, -0.2) is 9.59 Å². The van der Waals surface area contributed by atoms with Crippen LogP contribution in [0.25, 0.3) is 0 Å². The summed E-state index contributed by atoms with van der Waals surface area (Å²) in [5, 5.41) is 10.9. The van der Waals surface area contributed by atoms with E-state index in [-0.39, 0.29) is 18.0 Å². The smallest absolute Gasteiger partial charge is 0.339 e. The maximum atomic E-state index is 10.8. The Morgan fingerprint density at radius 3 is 2.11 bits per heavy atom. The molecule has 19 heavy (non-hydrogen) atoms. The van der Waals surface area contributed by atoms with Gasteiger partial charge in [0.2, 0.25) is 6.08 Å². The van der Waals surface area contributed by atoms with Gasteiger partial charge in [-0.3, -0.25) is 4.79 Å². The maximum absolute atomic E-state index is 10.8. The van der Waals surface area contributed by atoms with Crippen LogP contribution in [0.3, 0.4) is 0 Å². The van der Waals surface area contributed by atoms with E-state index in [2.05, 4.69) is 21.5 Å². The summed E-state index contributed by atoms with van der Waals surface area (Å²) in [7, 11) is 0. The van der Waals surface area contributed by atoms with Gasteiger partial charge in [0.1, 0.15) is 12.3 Å². The summed E-state index contributed by atoms with van der Waals surface area (Å²) in [5.74, 6) is -0.778. The fourth-order valence-corrected chi connectivity index (χ4v) is 0.628. The number of oxime groups is 1. The van der Waals surface area contributed by atoms with Crippen molar-refractivity contribution < 1.29 is 24.3 Å². The first kappa shape index (κ1) is 19.1. The molecule has 0 fully saturated rings. The number of isocyanates is 1. The number of hydrogen-bond acceptors (Lipinski definition) is 7. The molecular formula is C12H18N2O5. The minimum atomic E-state index is -0.742. The monoisotopic (exact) mass is 270 g/mol. The molecule has 106 valence electrons. The van der Waals surface area contributed by atoms with Crippen LogP contribution in [0.5, 0.6) is 0 Å². The lowest BCUT2D eigenvalue weighted by Gasteiger charge is -2.01. The van der Waals surface area contributed by atoms with Gasteiger partial charge in [-0.05, 0) is 6.92 Å². The quantitative estimate of drug-likeness (QED) is 0.155. The molecule has 0 saturated heterocycles. The number of rotatable bonds is 5. The van der Waals surface area contributed by atoms with Gasteiger partial charge >= 0.3 is 5.97 Å². The van der Waals surface area contributed by atoms with E-state index in [4.69, 9.17) is 5.21 Å². The minimum absolute atomic E-state index is 0.149. The summed E-state index contributed by atoms with van der Waals surface area (Å²) < 4.78 is 4.45. The average molecular weight is 270 g/mol. The SMILES string of the molecule is C=C(C)C(=O)OC(CN=C=O)=NO.CCC(=O)CC. The molecule has 0 amide bonds. The highest BCUT2D eigenvalue weighted by Gasteiger charge is 2.08. The van der Waals surface area contributed by atoms with Crippen LogP contribution in [0.15, 0.2) is 22.3 Å². The fourth-order valence-electron chi connectivity index (χ4n) is 0.628. The molecule has 0 aliphatic rings. The second kappa shape index (κ2) is 12.2. The molecular weight excluding hydrogens is 252 g/mol. The first-order valence-corrected chi connectivity index (χ1v) is 5.56. The van der Waals surface area contributed by atoms with E-state index in [9.17, 15) is 14.4 Å². The van der Waals surface area contributed by atoms with E-state index in [0.29, 0.717) is 18.6 Å². The summed E-state index contributed by atoms with van der Waals surface area (Å²) >= 11 is 0. The summed E-state index contributed by atoms with van der Waals surface area (Å²) in [6, 6.07) is 0. The van der Waals surface area contributed by atoms with Crippen molar-refractivity contribution in [3.63, 3.8) is 0 Å². The fraction of sp³-hybridized carbons (Fsp3) is 0.500. The molecule has 0 aromatic rings. The predicted octanol–water partition coefficient (Wildman–Crippen LogP) is 1.60. The maximum Gasteiger partial charge on any atom is 0.339 e. The van der Waals surface area contributed by atoms with Gasteiger partial charge in [-0.2, -0.15) is 4.99 Å². The molecule has 0 radical (unpaired) electrons. The molecule has 0 spiro atoms. The lowest BCUT2D eigenvalue weighted by molar-refractivity contribution is -0.131. The standard InChI is InChI=1S/C7H8N2O4.C5H10O/c1-5(2)7(11)13-6(9-12)3-8-4-10;1-3-5(6)4-2/h12H,1,3H2,2H3;3-4H2,1-2H3. The van der Waals surface area contributed by atoms with Crippen molar-refractivity contribution >= 4 is 23.7 Å². The number of carbonyl (C=O) groups is 2. The highest BCUT2D eigenvalue weighted by atomic mass is 16.6. The number of carbonyl (C=O) groups excluding carboxylic acids is 3. The third-order valence-electron chi connectivity index (χ3n) is 1.74. The number of esters is 1. The van der Waals surface area contributed by atoms with Crippen LogP contribution in [0.2, 0.25) is 0 Å². The van der Waals surface area contributed by atoms with Crippen LogP contribution in [-0.4, -0.2) is 35.5 Å². The Hall–Kier alpha value is -2.27. The number of Topliss-reactive ketones (excluding diaryl/α,β-unsaturated/α-hetero) is 1. The van der Waals surface area contributed by atoms with Gasteiger partial charge in [-0.15, -0.1) is 0 Å². The molecule has 7 heteroatoms. The van der Waals surface area contributed by atoms with Crippen LogP contribution in [0.4, 0.5) is 0 Å². The summed E-state index contributed by atoms with van der Waals surface area (Å²) in [6.07, 6.45) is 2.59. The van der Waals surface area contributed by atoms with E-state index in [1.54, 1.807) is 0 Å². The van der Waals surface area contributed by atoms with Gasteiger partial charge in [-0.1, -0.05) is 25.6 Å². The third kappa shape index (κ3) is 12.0. The van der Waals surface area contributed by atoms with Crippen molar-refractivity contribution in [1.29, 1.82) is 0 Å². The van der Waals surface area contributed by atoms with Crippen molar-refractivity contribution in [2.45, 2.75) is 33.6 Å². The Morgan fingerprint density at radius 1 is 1.32 bits per heavy atom. The molecule has 0 saturated carbocycles. The van der Waals surface area contributed by atoms with Crippen molar-refractivity contribution in [2.24, 2.45) is 10.1 Å². The number of aliphatic imine (C=N–C) groups is 1. The summed E-state index contributed by atoms with van der Waals surface area (Å²) in [5.41, 5.74) is 0.149. The summed E-state index contributed by atoms with van der Waals surface area (Å²) in [4.78, 5) is 33.7. The first-order valence-electron chi connectivity index (χ1n) is 5.56. The van der Waals surface area contributed by atoms with Gasteiger partial charge in [0.25, 0.3) is 5.90 Å². The Labute approximate surface area is 111 Å². The van der Waals surface area contributed by atoms with Crippen LogP contribution in [0, 0.1) is 0 Å². The van der Waals surface area contributed by atoms with Crippen LogP contribution in [0.1, 0.15) is 33.6 Å². The molecule has 0 aromatic heterocycles. The lowest BCUT2D eigenvalue weighted by atomic mass is 10.3. The molecule has 0 aromatic carbocycles. The highest BCUT2D eigenvalue weighted by molar-refractivity contribution is 5.97. The van der Waals surface area contributed by atoms with E-state index < -0.39 is 5.97 Å². The average Bonchev–Trinajstić information content (AvgIpc) is 2.42. The second-order valence-corrected chi connectivity index (χ2v) is 3.32. The van der Waals surface area contributed by atoms with Crippen LogP contribution in [-0.2, 0) is 19.1 Å². The Bertz CT molecular complexity index is 389. The number of ketones is 1.